The Bertz CT molecular complexity index is 772. The van der Waals surface area contributed by atoms with Crippen LogP contribution in [0.25, 0.3) is 6.08 Å². The summed E-state index contributed by atoms with van der Waals surface area (Å²) in [6.07, 6.45) is 2.72. The molecule has 2 rings (SSSR count). The second kappa shape index (κ2) is 10.3. The molecule has 142 valence electrons. The van der Waals surface area contributed by atoms with E-state index in [1.807, 2.05) is 30.3 Å². The number of ether oxygens (including phenoxy) is 1. The van der Waals surface area contributed by atoms with Crippen LogP contribution in [-0.2, 0) is 14.3 Å². The number of nitrogens with one attached hydrogen (secondary N) is 1. The van der Waals surface area contributed by atoms with Gasteiger partial charge in [-0.05, 0) is 42.7 Å². The van der Waals surface area contributed by atoms with Crippen molar-refractivity contribution in [2.24, 2.45) is 0 Å². The molecule has 0 unspecified atom stereocenters. The molecule has 0 fully saturated rings. The smallest absolute Gasteiger partial charge is 0.331 e. The maximum absolute atomic E-state index is 12.8. The van der Waals surface area contributed by atoms with Crippen LogP contribution in [0.2, 0.25) is 0 Å². The summed E-state index contributed by atoms with van der Waals surface area (Å²) >= 11 is 0. The largest absolute Gasteiger partial charge is 0.449 e. The molecule has 4 nitrogen and oxygen atoms in total. The Morgan fingerprint density at radius 1 is 1.11 bits per heavy atom. The second-order valence-corrected chi connectivity index (χ2v) is 6.23. The van der Waals surface area contributed by atoms with Gasteiger partial charge < -0.3 is 10.1 Å². The highest BCUT2D eigenvalue weighted by Crippen LogP contribution is 2.18. The minimum Gasteiger partial charge on any atom is -0.449 e. The van der Waals surface area contributed by atoms with E-state index >= 15 is 0 Å². The Kier molecular flexibility index (Phi) is 7.74. The number of carbonyl (C=O) groups is 2. The highest BCUT2D eigenvalue weighted by molar-refractivity contribution is 5.90. The summed E-state index contributed by atoms with van der Waals surface area (Å²) in [5, 5.41) is 2.84. The Hall–Kier alpha value is -2.95. The maximum Gasteiger partial charge on any atom is 0.331 e. The maximum atomic E-state index is 12.8. The van der Waals surface area contributed by atoms with Gasteiger partial charge >= 0.3 is 5.97 Å². The molecule has 0 bridgehead atoms. The highest BCUT2D eigenvalue weighted by Gasteiger charge is 2.18. The van der Waals surface area contributed by atoms with Crippen LogP contribution in [0, 0.1) is 5.82 Å². The summed E-state index contributed by atoms with van der Waals surface area (Å²) in [4.78, 5) is 24.0. The van der Waals surface area contributed by atoms with Crippen LogP contribution >= 0.6 is 0 Å². The first-order chi connectivity index (χ1) is 13.0. The molecule has 1 amide bonds. The van der Waals surface area contributed by atoms with Crippen LogP contribution in [0.1, 0.15) is 37.3 Å². The molecule has 27 heavy (non-hydrogen) atoms. The van der Waals surface area contributed by atoms with Crippen LogP contribution in [0.3, 0.4) is 0 Å². The number of esters is 1. The zero-order chi connectivity index (χ0) is 19.6. The van der Waals surface area contributed by atoms with Gasteiger partial charge in [-0.25, -0.2) is 9.18 Å². The van der Waals surface area contributed by atoms with E-state index < -0.39 is 12.1 Å². The summed E-state index contributed by atoms with van der Waals surface area (Å²) in [7, 11) is 0. The van der Waals surface area contributed by atoms with E-state index in [4.69, 9.17) is 4.74 Å². The SMILES string of the molecule is CC[C@@H](CNC(=O)[C@H](C)OC(=O)/C=C/c1ccc(F)cc1)c1ccccc1. The number of amides is 1. The fraction of sp³-hybridized carbons (Fsp3) is 0.273. The average molecular weight is 369 g/mol. The Labute approximate surface area is 159 Å². The number of hydrogen-bond acceptors (Lipinski definition) is 3. The predicted molar refractivity (Wildman–Crippen MR) is 103 cm³/mol. The van der Waals surface area contributed by atoms with Gasteiger partial charge in [-0.2, -0.15) is 0 Å². The van der Waals surface area contributed by atoms with Crippen LogP contribution in [0.15, 0.2) is 60.7 Å². The molecule has 2 aromatic carbocycles. The zero-order valence-corrected chi connectivity index (χ0v) is 15.5. The van der Waals surface area contributed by atoms with Crippen molar-refractivity contribution in [2.75, 3.05) is 6.54 Å². The van der Waals surface area contributed by atoms with E-state index in [0.29, 0.717) is 12.1 Å². The molecule has 0 spiro atoms. The summed E-state index contributed by atoms with van der Waals surface area (Å²) in [5.41, 5.74) is 1.83. The molecule has 0 aliphatic heterocycles. The molecule has 0 aliphatic rings. The number of halogens is 1. The molecule has 0 saturated carbocycles. The monoisotopic (exact) mass is 369 g/mol. The van der Waals surface area contributed by atoms with Gasteiger partial charge in [-0.3, -0.25) is 4.79 Å². The molecule has 5 heteroatoms. The number of hydrogen-bond donors (Lipinski definition) is 1. The van der Waals surface area contributed by atoms with Crippen LogP contribution < -0.4 is 5.32 Å². The van der Waals surface area contributed by atoms with Crippen LogP contribution in [0.5, 0.6) is 0 Å². The normalized spacial score (nSPS) is 13.1. The van der Waals surface area contributed by atoms with E-state index in [2.05, 4.69) is 12.2 Å². The summed E-state index contributed by atoms with van der Waals surface area (Å²) in [6, 6.07) is 15.7. The van der Waals surface area contributed by atoms with Crippen molar-refractivity contribution < 1.29 is 18.7 Å². The van der Waals surface area contributed by atoms with E-state index in [0.717, 1.165) is 12.0 Å². The van der Waals surface area contributed by atoms with Crippen molar-refractivity contribution in [2.45, 2.75) is 32.3 Å². The van der Waals surface area contributed by atoms with Crippen molar-refractivity contribution >= 4 is 18.0 Å². The minimum absolute atomic E-state index is 0.205. The number of rotatable bonds is 8. The predicted octanol–water partition coefficient (Wildman–Crippen LogP) is 4.08. The first-order valence-corrected chi connectivity index (χ1v) is 8.96. The fourth-order valence-electron chi connectivity index (χ4n) is 2.60. The molecular formula is C22H24FNO3. The van der Waals surface area contributed by atoms with Crippen molar-refractivity contribution in [3.8, 4) is 0 Å². The van der Waals surface area contributed by atoms with Crippen molar-refractivity contribution in [3.05, 3.63) is 77.6 Å². The van der Waals surface area contributed by atoms with Gasteiger partial charge in [0.25, 0.3) is 5.91 Å². The third-order valence-electron chi connectivity index (χ3n) is 4.23. The fourth-order valence-corrected chi connectivity index (χ4v) is 2.60. The average Bonchev–Trinajstić information content (AvgIpc) is 2.68. The lowest BCUT2D eigenvalue weighted by molar-refractivity contribution is -0.150. The minimum atomic E-state index is -0.899. The standard InChI is InChI=1S/C22H24FNO3/c1-3-18(19-7-5-4-6-8-19)15-24-22(26)16(2)27-21(25)14-11-17-9-12-20(23)13-10-17/h4-14,16,18H,3,15H2,1-2H3,(H,24,26)/b14-11+/t16-,18-/m0/s1. The van der Waals surface area contributed by atoms with Gasteiger partial charge in [-0.1, -0.05) is 49.4 Å². The third kappa shape index (κ3) is 6.70. The topological polar surface area (TPSA) is 55.4 Å². The van der Waals surface area contributed by atoms with Gasteiger partial charge in [0.1, 0.15) is 5.82 Å². The first kappa shape index (κ1) is 20.4. The summed E-state index contributed by atoms with van der Waals surface area (Å²) in [6.45, 7) is 4.07. The van der Waals surface area contributed by atoms with E-state index in [1.54, 1.807) is 12.1 Å². The van der Waals surface area contributed by atoms with Gasteiger partial charge in [0.05, 0.1) is 0 Å². The van der Waals surface area contributed by atoms with Crippen molar-refractivity contribution in [3.63, 3.8) is 0 Å². The lowest BCUT2D eigenvalue weighted by Gasteiger charge is -2.18. The van der Waals surface area contributed by atoms with E-state index in [1.165, 1.54) is 31.2 Å². The number of carbonyl (C=O) groups excluding carboxylic acids is 2. The first-order valence-electron chi connectivity index (χ1n) is 8.96. The van der Waals surface area contributed by atoms with Crippen LogP contribution in [0.4, 0.5) is 4.39 Å². The van der Waals surface area contributed by atoms with Crippen molar-refractivity contribution in [1.82, 2.24) is 5.32 Å². The van der Waals surface area contributed by atoms with E-state index in [9.17, 15) is 14.0 Å². The summed E-state index contributed by atoms with van der Waals surface area (Å²) < 4.78 is 18.0. The molecule has 1 N–H and O–H groups in total. The third-order valence-corrected chi connectivity index (χ3v) is 4.23. The van der Waals surface area contributed by atoms with Gasteiger partial charge in [-0.15, -0.1) is 0 Å². The lowest BCUT2D eigenvalue weighted by Crippen LogP contribution is -2.37. The molecule has 0 aliphatic carbocycles. The number of benzene rings is 2. The Balaban J connectivity index is 1.82. The molecule has 0 aromatic heterocycles. The summed E-state index contributed by atoms with van der Waals surface area (Å²) in [5.74, 6) is -1.11. The van der Waals surface area contributed by atoms with Gasteiger partial charge in [0.2, 0.25) is 0 Å². The molecule has 2 aromatic rings. The van der Waals surface area contributed by atoms with Gasteiger partial charge in [0.15, 0.2) is 6.10 Å². The lowest BCUT2D eigenvalue weighted by atomic mass is 9.96. The van der Waals surface area contributed by atoms with Crippen molar-refractivity contribution in [1.29, 1.82) is 0 Å². The highest BCUT2D eigenvalue weighted by atomic mass is 19.1. The van der Waals surface area contributed by atoms with Gasteiger partial charge in [0, 0.05) is 18.5 Å². The molecule has 0 saturated heterocycles. The molecular weight excluding hydrogens is 345 g/mol. The quantitative estimate of drug-likeness (QED) is 0.563. The van der Waals surface area contributed by atoms with Crippen LogP contribution in [-0.4, -0.2) is 24.5 Å². The Morgan fingerprint density at radius 3 is 2.41 bits per heavy atom. The molecule has 0 radical (unpaired) electrons. The zero-order valence-electron chi connectivity index (χ0n) is 15.5. The molecule has 2 atom stereocenters. The molecule has 0 heterocycles. The Morgan fingerprint density at radius 2 is 1.78 bits per heavy atom. The van der Waals surface area contributed by atoms with E-state index in [-0.39, 0.29) is 17.6 Å². The second-order valence-electron chi connectivity index (χ2n) is 6.23.